The van der Waals surface area contributed by atoms with E-state index in [2.05, 4.69) is 29.0 Å². The van der Waals surface area contributed by atoms with Crippen molar-refractivity contribution in [1.82, 2.24) is 20.3 Å². The highest BCUT2D eigenvalue weighted by Crippen LogP contribution is 2.32. The van der Waals surface area contributed by atoms with E-state index in [1.165, 1.54) is 6.07 Å². The zero-order valence-corrected chi connectivity index (χ0v) is 23.5. The van der Waals surface area contributed by atoms with Crippen molar-refractivity contribution in [3.63, 3.8) is 0 Å². The summed E-state index contributed by atoms with van der Waals surface area (Å²) in [6, 6.07) is 16.6. The SMILES string of the molecule is CC1Cc2ccc(C(=O)NCc3cc4nc(-c5cccc(N6C[C@@H](C)O[C@@H](C)C6)n5)ccc4cn3)cc2S1(=O)=O. The number of rotatable bonds is 5. The molecule has 5 heterocycles. The van der Waals surface area contributed by atoms with Gasteiger partial charge in [0.1, 0.15) is 5.82 Å². The average Bonchev–Trinajstić information content (AvgIpc) is 3.17. The summed E-state index contributed by atoms with van der Waals surface area (Å²) in [4.78, 5) is 29.5. The molecule has 0 saturated carbocycles. The summed E-state index contributed by atoms with van der Waals surface area (Å²) in [5.41, 5.74) is 3.99. The molecule has 206 valence electrons. The van der Waals surface area contributed by atoms with Crippen LogP contribution in [0.1, 0.15) is 42.4 Å². The lowest BCUT2D eigenvalue weighted by atomic mass is 10.1. The molecule has 40 heavy (non-hydrogen) atoms. The number of nitrogens with one attached hydrogen (secondary N) is 1. The van der Waals surface area contributed by atoms with Crippen LogP contribution < -0.4 is 10.2 Å². The van der Waals surface area contributed by atoms with Crippen LogP contribution in [0, 0.1) is 0 Å². The summed E-state index contributed by atoms with van der Waals surface area (Å²) < 4.78 is 31.0. The summed E-state index contributed by atoms with van der Waals surface area (Å²) in [5, 5.41) is 3.27. The fraction of sp³-hybridized carbons (Fsp3) is 0.333. The molecular formula is C30H31N5O4S. The minimum atomic E-state index is -3.39. The minimum Gasteiger partial charge on any atom is -0.372 e. The van der Waals surface area contributed by atoms with Gasteiger partial charge in [-0.05, 0) is 75.2 Å². The van der Waals surface area contributed by atoms with Gasteiger partial charge in [0.15, 0.2) is 9.84 Å². The van der Waals surface area contributed by atoms with Crippen LogP contribution in [0.3, 0.4) is 0 Å². The highest BCUT2D eigenvalue weighted by atomic mass is 32.2. The van der Waals surface area contributed by atoms with E-state index in [-0.39, 0.29) is 29.6 Å². The first kappa shape index (κ1) is 26.3. The Morgan fingerprint density at radius 1 is 1.00 bits per heavy atom. The maximum Gasteiger partial charge on any atom is 0.251 e. The molecule has 4 aromatic rings. The number of carbonyl (C=O) groups is 1. The van der Waals surface area contributed by atoms with Crippen molar-refractivity contribution in [3.8, 4) is 11.4 Å². The summed E-state index contributed by atoms with van der Waals surface area (Å²) >= 11 is 0. The maximum atomic E-state index is 12.8. The fourth-order valence-electron chi connectivity index (χ4n) is 5.44. The van der Waals surface area contributed by atoms with E-state index in [1.807, 2.05) is 36.4 Å². The number of nitrogens with zero attached hydrogens (tertiary/aromatic N) is 4. The molecule has 1 unspecified atom stereocenters. The number of carbonyl (C=O) groups excluding carboxylic acids is 1. The van der Waals surface area contributed by atoms with E-state index in [4.69, 9.17) is 14.7 Å². The molecule has 0 aliphatic carbocycles. The summed E-state index contributed by atoms with van der Waals surface area (Å²) in [6.07, 6.45) is 2.48. The van der Waals surface area contributed by atoms with Gasteiger partial charge in [-0.2, -0.15) is 0 Å². The molecule has 2 aliphatic rings. The Bertz CT molecular complexity index is 1710. The number of sulfone groups is 1. The highest BCUT2D eigenvalue weighted by molar-refractivity contribution is 7.92. The summed E-state index contributed by atoms with van der Waals surface area (Å²) in [6.45, 7) is 7.59. The Labute approximate surface area is 233 Å². The number of pyridine rings is 3. The van der Waals surface area contributed by atoms with Gasteiger partial charge in [0, 0.05) is 30.2 Å². The Balaban J connectivity index is 1.19. The van der Waals surface area contributed by atoms with Gasteiger partial charge in [-0.3, -0.25) is 9.78 Å². The van der Waals surface area contributed by atoms with Crippen LogP contribution in [0.4, 0.5) is 5.82 Å². The first-order chi connectivity index (χ1) is 19.2. The summed E-state index contributed by atoms with van der Waals surface area (Å²) in [5.74, 6) is 0.544. The molecule has 2 aliphatic heterocycles. The molecule has 1 fully saturated rings. The Morgan fingerprint density at radius 3 is 2.58 bits per heavy atom. The van der Waals surface area contributed by atoms with E-state index in [9.17, 15) is 13.2 Å². The Hall–Kier alpha value is -3.89. The van der Waals surface area contributed by atoms with Gasteiger partial charge >= 0.3 is 0 Å². The van der Waals surface area contributed by atoms with Crippen molar-refractivity contribution in [2.24, 2.45) is 0 Å². The number of ether oxygens (including phenoxy) is 1. The molecule has 3 aromatic heterocycles. The van der Waals surface area contributed by atoms with E-state index in [1.54, 1.807) is 25.3 Å². The molecule has 1 N–H and O–H groups in total. The molecule has 0 radical (unpaired) electrons. The number of morpholine rings is 1. The lowest BCUT2D eigenvalue weighted by Crippen LogP contribution is -2.45. The van der Waals surface area contributed by atoms with E-state index < -0.39 is 15.1 Å². The van der Waals surface area contributed by atoms with Crippen molar-refractivity contribution in [1.29, 1.82) is 0 Å². The zero-order valence-electron chi connectivity index (χ0n) is 22.7. The Kier molecular flexibility index (Phi) is 6.75. The average molecular weight is 558 g/mol. The van der Waals surface area contributed by atoms with Crippen LogP contribution in [-0.4, -0.2) is 59.8 Å². The molecule has 9 nitrogen and oxygen atoms in total. The van der Waals surface area contributed by atoms with E-state index in [0.29, 0.717) is 17.7 Å². The van der Waals surface area contributed by atoms with Gasteiger partial charge in [0.25, 0.3) is 5.91 Å². The van der Waals surface area contributed by atoms with Gasteiger partial charge in [0.2, 0.25) is 0 Å². The number of hydrogen-bond donors (Lipinski definition) is 1. The second kappa shape index (κ2) is 10.3. The van der Waals surface area contributed by atoms with Crippen molar-refractivity contribution in [2.75, 3.05) is 18.0 Å². The number of anilines is 1. The van der Waals surface area contributed by atoms with Crippen LogP contribution in [-0.2, 0) is 27.5 Å². The van der Waals surface area contributed by atoms with Crippen LogP contribution in [0.25, 0.3) is 22.3 Å². The van der Waals surface area contributed by atoms with Crippen LogP contribution in [0.2, 0.25) is 0 Å². The van der Waals surface area contributed by atoms with Crippen LogP contribution >= 0.6 is 0 Å². The van der Waals surface area contributed by atoms with Gasteiger partial charge in [-0.15, -0.1) is 0 Å². The largest absolute Gasteiger partial charge is 0.372 e. The van der Waals surface area contributed by atoms with Gasteiger partial charge < -0.3 is 15.0 Å². The molecule has 3 atom stereocenters. The quantitative estimate of drug-likeness (QED) is 0.392. The predicted molar refractivity (Wildman–Crippen MR) is 153 cm³/mol. The van der Waals surface area contributed by atoms with Crippen molar-refractivity contribution in [2.45, 2.75) is 56.1 Å². The molecule has 1 aromatic carbocycles. The number of fused-ring (bicyclic) bond motifs is 2. The molecule has 0 spiro atoms. The van der Waals surface area contributed by atoms with E-state index >= 15 is 0 Å². The second-order valence-corrected chi connectivity index (χ2v) is 13.0. The van der Waals surface area contributed by atoms with E-state index in [0.717, 1.165) is 46.8 Å². The third-order valence-corrected chi connectivity index (χ3v) is 9.69. The van der Waals surface area contributed by atoms with Crippen molar-refractivity contribution >= 4 is 32.5 Å². The number of benzene rings is 1. The monoisotopic (exact) mass is 557 g/mol. The molecule has 6 rings (SSSR count). The molecule has 10 heteroatoms. The fourth-order valence-corrected chi connectivity index (χ4v) is 7.08. The van der Waals surface area contributed by atoms with Crippen molar-refractivity contribution in [3.05, 3.63) is 77.6 Å². The van der Waals surface area contributed by atoms with Gasteiger partial charge in [-0.1, -0.05) is 12.1 Å². The third-order valence-electron chi connectivity index (χ3n) is 7.47. The standard InChI is InChI=1S/C30H31N5O4S/c1-18-16-35(17-19(2)39-18)29-6-4-5-25(34-29)26-10-9-23-14-31-24(13-27(23)33-26)15-32-30(36)22-8-7-21-11-20(3)40(37,38)28(21)12-22/h4-10,12-14,18-20H,11,15-17H2,1-3H3,(H,32,36)/t18-,19+,20?. The molecule has 0 bridgehead atoms. The first-order valence-corrected chi connectivity index (χ1v) is 15.0. The first-order valence-electron chi connectivity index (χ1n) is 13.5. The maximum absolute atomic E-state index is 12.8. The number of aromatic nitrogens is 3. The van der Waals surface area contributed by atoms with Crippen LogP contribution in [0.5, 0.6) is 0 Å². The van der Waals surface area contributed by atoms with Crippen molar-refractivity contribution < 1.29 is 17.9 Å². The molecular weight excluding hydrogens is 526 g/mol. The molecule has 1 saturated heterocycles. The minimum absolute atomic E-state index is 0.138. The lowest BCUT2D eigenvalue weighted by molar-refractivity contribution is -0.00545. The molecule has 1 amide bonds. The zero-order chi connectivity index (χ0) is 28.0. The van der Waals surface area contributed by atoms with Crippen LogP contribution in [0.15, 0.2) is 65.7 Å². The predicted octanol–water partition coefficient (Wildman–Crippen LogP) is 3.95. The normalized spacial score (nSPS) is 21.8. The Morgan fingerprint density at radius 2 is 1.77 bits per heavy atom. The number of amides is 1. The lowest BCUT2D eigenvalue weighted by Gasteiger charge is -2.36. The smallest absolute Gasteiger partial charge is 0.251 e. The van der Waals surface area contributed by atoms with Gasteiger partial charge in [-0.25, -0.2) is 18.4 Å². The second-order valence-electron chi connectivity index (χ2n) is 10.7. The highest BCUT2D eigenvalue weighted by Gasteiger charge is 2.34. The number of hydrogen-bond acceptors (Lipinski definition) is 8. The van der Waals surface area contributed by atoms with Gasteiger partial charge in [0.05, 0.1) is 51.5 Å². The third kappa shape index (κ3) is 5.04. The summed E-state index contributed by atoms with van der Waals surface area (Å²) in [7, 11) is -3.39. The topological polar surface area (TPSA) is 114 Å².